The average Bonchev–Trinajstić information content (AvgIpc) is 3.61. The van der Waals surface area contributed by atoms with Gasteiger partial charge in [0.1, 0.15) is 17.2 Å². The molecule has 0 bridgehead atoms. The Morgan fingerprint density at radius 3 is 2.65 bits per heavy atom. The molecular formula is C27H24N10O3. The fourth-order valence-electron chi connectivity index (χ4n) is 4.22. The van der Waals surface area contributed by atoms with E-state index in [0.29, 0.717) is 40.6 Å². The highest BCUT2D eigenvalue weighted by Gasteiger charge is 2.20. The lowest BCUT2D eigenvalue weighted by atomic mass is 10.1. The summed E-state index contributed by atoms with van der Waals surface area (Å²) in [5.74, 6) is 1.63. The van der Waals surface area contributed by atoms with Crippen molar-refractivity contribution in [3.63, 3.8) is 0 Å². The third kappa shape index (κ3) is 4.88. The molecule has 5 heterocycles. The van der Waals surface area contributed by atoms with Gasteiger partial charge in [-0.3, -0.25) is 19.6 Å². The summed E-state index contributed by atoms with van der Waals surface area (Å²) >= 11 is 0. The van der Waals surface area contributed by atoms with Crippen molar-refractivity contribution in [1.82, 2.24) is 39.9 Å². The first-order chi connectivity index (χ1) is 19.6. The van der Waals surface area contributed by atoms with E-state index in [2.05, 4.69) is 45.8 Å². The molecule has 0 radical (unpaired) electrons. The van der Waals surface area contributed by atoms with E-state index in [0.717, 1.165) is 11.1 Å². The van der Waals surface area contributed by atoms with E-state index in [4.69, 9.17) is 4.52 Å². The standard InChI is InChI=1S/C27H24N10O3/c1-2-37-24-18(25(39)35-37)8-9-21(31-24)32-27-29-14-19(26-33-22(36-40-26)17-10-12-28-13-11-17)23(34-27)30-20(15-38)16-6-4-3-5-7-16/h3-14,20,38H,2,15H2,1H3,(H,35,39)(H2,29,30,31,32,34)/t20-/m1/s1. The summed E-state index contributed by atoms with van der Waals surface area (Å²) in [7, 11) is 0. The Labute approximate surface area is 227 Å². The minimum absolute atomic E-state index is 0.192. The number of benzene rings is 1. The van der Waals surface area contributed by atoms with Crippen LogP contribution in [0.15, 0.2) is 82.5 Å². The number of aromatic nitrogens is 8. The third-order valence-corrected chi connectivity index (χ3v) is 6.25. The third-order valence-electron chi connectivity index (χ3n) is 6.25. The lowest BCUT2D eigenvalue weighted by Gasteiger charge is -2.19. The molecule has 1 aromatic carbocycles. The molecule has 1 atom stereocenters. The lowest BCUT2D eigenvalue weighted by Crippen LogP contribution is -2.17. The van der Waals surface area contributed by atoms with Gasteiger partial charge in [0, 0.05) is 30.7 Å². The Kier molecular flexibility index (Phi) is 6.68. The summed E-state index contributed by atoms with van der Waals surface area (Å²) in [5.41, 5.74) is 2.37. The number of hydrogen-bond donors (Lipinski definition) is 4. The zero-order valence-corrected chi connectivity index (χ0v) is 21.3. The molecule has 0 fully saturated rings. The number of aliphatic hydroxyl groups excluding tert-OH is 1. The molecule has 6 aromatic rings. The fraction of sp³-hybridized carbons (Fsp3) is 0.148. The number of aryl methyl sites for hydroxylation is 1. The van der Waals surface area contributed by atoms with E-state index < -0.39 is 6.04 Å². The predicted octanol–water partition coefficient (Wildman–Crippen LogP) is 3.54. The Bertz CT molecular complexity index is 1820. The van der Waals surface area contributed by atoms with Crippen molar-refractivity contribution in [1.29, 1.82) is 0 Å². The van der Waals surface area contributed by atoms with Gasteiger partial charge >= 0.3 is 0 Å². The maximum absolute atomic E-state index is 12.2. The quantitative estimate of drug-likeness (QED) is 0.213. The number of H-pyrrole nitrogens is 1. The zero-order valence-electron chi connectivity index (χ0n) is 21.3. The molecule has 5 aromatic heterocycles. The molecule has 13 nitrogen and oxygen atoms in total. The van der Waals surface area contributed by atoms with Crippen LogP contribution < -0.4 is 16.2 Å². The van der Waals surface area contributed by atoms with Crippen molar-refractivity contribution < 1.29 is 9.63 Å². The molecule has 0 aliphatic heterocycles. The molecule has 200 valence electrons. The van der Waals surface area contributed by atoms with E-state index in [1.807, 2.05) is 37.3 Å². The van der Waals surface area contributed by atoms with Crippen LogP contribution in [0.3, 0.4) is 0 Å². The van der Waals surface area contributed by atoms with Crippen LogP contribution in [0.2, 0.25) is 0 Å². The first-order valence-corrected chi connectivity index (χ1v) is 12.5. The highest BCUT2D eigenvalue weighted by atomic mass is 16.5. The van der Waals surface area contributed by atoms with Crippen molar-refractivity contribution in [2.24, 2.45) is 0 Å². The second-order valence-corrected chi connectivity index (χ2v) is 8.78. The molecule has 40 heavy (non-hydrogen) atoms. The molecule has 6 rings (SSSR count). The Morgan fingerprint density at radius 1 is 1.05 bits per heavy atom. The van der Waals surface area contributed by atoms with Gasteiger partial charge in [0.2, 0.25) is 11.8 Å². The number of rotatable bonds is 9. The average molecular weight is 537 g/mol. The maximum atomic E-state index is 12.2. The van der Waals surface area contributed by atoms with Crippen LogP contribution in [0.1, 0.15) is 18.5 Å². The van der Waals surface area contributed by atoms with Crippen LogP contribution in [0.5, 0.6) is 0 Å². The molecule has 0 aliphatic rings. The first-order valence-electron chi connectivity index (χ1n) is 12.5. The normalized spacial score (nSPS) is 11.9. The van der Waals surface area contributed by atoms with Crippen molar-refractivity contribution in [2.75, 3.05) is 17.2 Å². The summed E-state index contributed by atoms with van der Waals surface area (Å²) in [6.45, 7) is 2.28. The monoisotopic (exact) mass is 536 g/mol. The molecule has 0 amide bonds. The molecule has 0 aliphatic carbocycles. The minimum Gasteiger partial charge on any atom is -0.394 e. The van der Waals surface area contributed by atoms with Crippen molar-refractivity contribution in [3.05, 3.63) is 89.1 Å². The van der Waals surface area contributed by atoms with Gasteiger partial charge in [0.05, 0.1) is 18.0 Å². The number of pyridine rings is 2. The zero-order chi connectivity index (χ0) is 27.5. The van der Waals surface area contributed by atoms with Crippen LogP contribution >= 0.6 is 0 Å². The number of nitrogens with one attached hydrogen (secondary N) is 3. The van der Waals surface area contributed by atoms with E-state index in [1.54, 1.807) is 47.5 Å². The summed E-state index contributed by atoms with van der Waals surface area (Å²) < 4.78 is 7.24. The van der Waals surface area contributed by atoms with Crippen molar-refractivity contribution in [2.45, 2.75) is 19.5 Å². The second-order valence-electron chi connectivity index (χ2n) is 8.78. The largest absolute Gasteiger partial charge is 0.394 e. The van der Waals surface area contributed by atoms with Gasteiger partial charge in [-0.2, -0.15) is 9.97 Å². The highest BCUT2D eigenvalue weighted by Crippen LogP contribution is 2.30. The van der Waals surface area contributed by atoms with E-state index in [9.17, 15) is 9.90 Å². The Morgan fingerprint density at radius 2 is 1.88 bits per heavy atom. The minimum atomic E-state index is -0.474. The van der Waals surface area contributed by atoms with E-state index >= 15 is 0 Å². The van der Waals surface area contributed by atoms with E-state index in [-0.39, 0.29) is 24.0 Å². The van der Waals surface area contributed by atoms with Gasteiger partial charge in [0.25, 0.3) is 11.4 Å². The van der Waals surface area contributed by atoms with Crippen LogP contribution in [0.4, 0.5) is 17.6 Å². The molecule has 13 heteroatoms. The number of anilines is 3. The number of aliphatic hydroxyl groups is 1. The molecule has 4 N–H and O–H groups in total. The molecule has 0 saturated carbocycles. The summed E-state index contributed by atoms with van der Waals surface area (Å²) in [5, 5.41) is 23.9. The van der Waals surface area contributed by atoms with Gasteiger partial charge in [-0.05, 0) is 36.8 Å². The Hall–Kier alpha value is -5.43. The van der Waals surface area contributed by atoms with Crippen LogP contribution in [0, 0.1) is 0 Å². The number of fused-ring (bicyclic) bond motifs is 1. The molecule has 0 unspecified atom stereocenters. The fourth-order valence-corrected chi connectivity index (χ4v) is 4.22. The van der Waals surface area contributed by atoms with Crippen molar-refractivity contribution >= 4 is 28.6 Å². The summed E-state index contributed by atoms with van der Waals surface area (Å²) in [6.07, 6.45) is 4.84. The summed E-state index contributed by atoms with van der Waals surface area (Å²) in [6, 6.07) is 16.0. The first kappa shape index (κ1) is 24.9. The second kappa shape index (κ2) is 10.7. The van der Waals surface area contributed by atoms with Gasteiger partial charge in [-0.15, -0.1) is 0 Å². The maximum Gasteiger partial charge on any atom is 0.273 e. The van der Waals surface area contributed by atoms with Gasteiger partial charge < -0.3 is 20.3 Å². The van der Waals surface area contributed by atoms with Crippen LogP contribution in [-0.2, 0) is 6.54 Å². The van der Waals surface area contributed by atoms with E-state index in [1.165, 1.54) is 0 Å². The van der Waals surface area contributed by atoms with Crippen LogP contribution in [0.25, 0.3) is 33.9 Å². The van der Waals surface area contributed by atoms with Crippen LogP contribution in [-0.4, -0.2) is 51.6 Å². The molecular weight excluding hydrogens is 512 g/mol. The van der Waals surface area contributed by atoms with Gasteiger partial charge in [0.15, 0.2) is 5.65 Å². The Balaban J connectivity index is 1.38. The number of aromatic amines is 1. The number of hydrogen-bond acceptors (Lipinski definition) is 11. The molecule has 0 saturated heterocycles. The topological polar surface area (TPSA) is 173 Å². The van der Waals surface area contributed by atoms with Gasteiger partial charge in [-0.25, -0.2) is 9.97 Å². The summed E-state index contributed by atoms with van der Waals surface area (Å²) in [4.78, 5) is 34.4. The highest BCUT2D eigenvalue weighted by molar-refractivity contribution is 5.77. The predicted molar refractivity (Wildman–Crippen MR) is 148 cm³/mol. The smallest absolute Gasteiger partial charge is 0.273 e. The van der Waals surface area contributed by atoms with Crippen molar-refractivity contribution in [3.8, 4) is 22.8 Å². The molecule has 0 spiro atoms. The number of nitrogens with zero attached hydrogens (tertiary/aromatic N) is 7. The lowest BCUT2D eigenvalue weighted by molar-refractivity contribution is 0.276. The van der Waals surface area contributed by atoms with Gasteiger partial charge in [-0.1, -0.05) is 35.5 Å². The SMILES string of the molecule is CCn1[nH]c(=O)c2ccc(Nc3ncc(-c4nc(-c5ccncc5)no4)c(N[C@H](CO)c4ccccc4)n3)nc21.